The molecular weight excluding hydrogens is 404 g/mol. The summed E-state index contributed by atoms with van der Waals surface area (Å²) in [5, 5.41) is 0. The molecule has 3 rings (SSSR count). The summed E-state index contributed by atoms with van der Waals surface area (Å²) in [5.74, 6) is 0. The maximum Gasteiger partial charge on any atom is 0.332 e. The molecule has 2 aromatic heterocycles. The summed E-state index contributed by atoms with van der Waals surface area (Å²) in [6.07, 6.45) is 20.9. The number of ether oxygens (including phenoxy) is 1. The second kappa shape index (κ2) is 12.4. The minimum Gasteiger partial charge on any atom is -0.370 e. The molecule has 2 atom stereocenters. The van der Waals surface area contributed by atoms with Crippen molar-refractivity contribution >= 4 is 11.2 Å². The zero-order valence-corrected chi connectivity index (χ0v) is 20.4. The maximum atomic E-state index is 12.5. The molecule has 7 nitrogen and oxygen atoms in total. The third-order valence-electron chi connectivity index (χ3n) is 6.94. The van der Waals surface area contributed by atoms with Crippen LogP contribution < -0.4 is 11.2 Å². The number of fused-ring (bicyclic) bond motifs is 1. The van der Waals surface area contributed by atoms with Gasteiger partial charge in [-0.2, -0.15) is 0 Å². The molecule has 0 bridgehead atoms. The summed E-state index contributed by atoms with van der Waals surface area (Å²) < 4.78 is 10.1. The number of epoxide rings is 1. The fourth-order valence-electron chi connectivity index (χ4n) is 4.75. The van der Waals surface area contributed by atoms with Crippen LogP contribution in [0.15, 0.2) is 15.9 Å². The smallest absolute Gasteiger partial charge is 0.332 e. The predicted molar refractivity (Wildman–Crippen MR) is 129 cm³/mol. The number of aryl methyl sites for hydroxylation is 2. The average Bonchev–Trinajstić information content (AvgIpc) is 3.43. The van der Waals surface area contributed by atoms with Crippen molar-refractivity contribution in [2.24, 2.45) is 14.1 Å². The van der Waals surface area contributed by atoms with Crippen molar-refractivity contribution < 1.29 is 4.74 Å². The van der Waals surface area contributed by atoms with Crippen LogP contribution in [0.1, 0.15) is 96.8 Å². The number of hydrogen-bond acceptors (Lipinski definition) is 4. The molecule has 0 spiro atoms. The Morgan fingerprint density at radius 2 is 1.38 bits per heavy atom. The van der Waals surface area contributed by atoms with E-state index in [9.17, 15) is 9.59 Å². The Hall–Kier alpha value is -1.89. The number of unbranched alkanes of at least 4 members (excludes halogenated alkanes) is 11. The first-order chi connectivity index (χ1) is 15.5. The summed E-state index contributed by atoms with van der Waals surface area (Å²) in [6, 6.07) is 0. The fraction of sp³-hybridized carbons (Fsp3) is 0.800. The van der Waals surface area contributed by atoms with E-state index in [1.165, 1.54) is 88.7 Å². The highest BCUT2D eigenvalue weighted by molar-refractivity contribution is 5.69. The van der Waals surface area contributed by atoms with Gasteiger partial charge in [-0.15, -0.1) is 0 Å². The molecule has 0 radical (unpaired) electrons. The van der Waals surface area contributed by atoms with Gasteiger partial charge in [-0.25, -0.2) is 9.78 Å². The van der Waals surface area contributed by atoms with Crippen molar-refractivity contribution in [3.8, 4) is 0 Å². The third kappa shape index (κ3) is 6.56. The van der Waals surface area contributed by atoms with Crippen molar-refractivity contribution in [1.29, 1.82) is 0 Å². The van der Waals surface area contributed by atoms with E-state index in [2.05, 4.69) is 11.9 Å². The monoisotopic (exact) mass is 446 g/mol. The number of hydrogen-bond donors (Lipinski definition) is 0. The van der Waals surface area contributed by atoms with Crippen LogP contribution in [-0.2, 0) is 25.4 Å². The molecule has 0 saturated carbocycles. The third-order valence-corrected chi connectivity index (χ3v) is 6.94. The molecule has 2 unspecified atom stereocenters. The lowest BCUT2D eigenvalue weighted by Crippen LogP contribution is -2.37. The zero-order valence-electron chi connectivity index (χ0n) is 20.4. The van der Waals surface area contributed by atoms with Gasteiger partial charge < -0.3 is 9.30 Å². The van der Waals surface area contributed by atoms with Crippen molar-refractivity contribution in [1.82, 2.24) is 18.7 Å². The number of rotatable bonds is 16. The summed E-state index contributed by atoms with van der Waals surface area (Å²) in [4.78, 5) is 28.8. The average molecular weight is 447 g/mol. The molecule has 0 aromatic carbocycles. The van der Waals surface area contributed by atoms with Gasteiger partial charge in [0.25, 0.3) is 5.56 Å². The molecule has 1 aliphatic heterocycles. The van der Waals surface area contributed by atoms with Gasteiger partial charge in [0.1, 0.15) is 0 Å². The van der Waals surface area contributed by atoms with Crippen molar-refractivity contribution in [3.63, 3.8) is 0 Å². The van der Waals surface area contributed by atoms with Gasteiger partial charge in [-0.1, -0.05) is 77.6 Å². The molecule has 0 amide bonds. The highest BCUT2D eigenvalue weighted by Gasteiger charge is 2.35. The van der Waals surface area contributed by atoms with Crippen molar-refractivity contribution in [2.75, 3.05) is 0 Å². The lowest BCUT2D eigenvalue weighted by molar-refractivity contribution is 0.355. The Morgan fingerprint density at radius 1 is 0.812 bits per heavy atom. The van der Waals surface area contributed by atoms with Crippen molar-refractivity contribution in [2.45, 2.75) is 116 Å². The molecule has 0 aliphatic carbocycles. The SMILES string of the molecule is CCC1OC1CCCCCCCCCCCCCCn1cnc2c1c(=O)n(C)c(=O)n2C. The minimum absolute atomic E-state index is 0.261. The van der Waals surface area contributed by atoms with Gasteiger partial charge in [0.2, 0.25) is 0 Å². The Morgan fingerprint density at radius 3 is 1.94 bits per heavy atom. The largest absolute Gasteiger partial charge is 0.370 e. The zero-order chi connectivity index (χ0) is 22.9. The van der Waals surface area contributed by atoms with E-state index in [1.54, 1.807) is 13.4 Å². The number of nitrogens with zero attached hydrogens (tertiary/aromatic N) is 4. The molecule has 1 aliphatic rings. The van der Waals surface area contributed by atoms with Crippen LogP contribution in [-0.4, -0.2) is 30.9 Å². The van der Waals surface area contributed by atoms with E-state index in [0.717, 1.165) is 24.0 Å². The summed E-state index contributed by atoms with van der Waals surface area (Å²) in [6.45, 7) is 2.99. The fourth-order valence-corrected chi connectivity index (χ4v) is 4.75. The first-order valence-electron chi connectivity index (χ1n) is 12.8. The van der Waals surface area contributed by atoms with Gasteiger partial charge in [0, 0.05) is 20.6 Å². The van der Waals surface area contributed by atoms with Crippen LogP contribution in [0.5, 0.6) is 0 Å². The predicted octanol–water partition coefficient (Wildman–Crippen LogP) is 4.68. The van der Waals surface area contributed by atoms with Crippen LogP contribution >= 0.6 is 0 Å². The van der Waals surface area contributed by atoms with Gasteiger partial charge in [-0.05, 0) is 19.3 Å². The van der Waals surface area contributed by atoms with E-state index < -0.39 is 0 Å². The minimum atomic E-state index is -0.332. The quantitative estimate of drug-likeness (QED) is 0.277. The Bertz CT molecular complexity index is 958. The van der Waals surface area contributed by atoms with E-state index >= 15 is 0 Å². The van der Waals surface area contributed by atoms with E-state index in [1.807, 2.05) is 4.57 Å². The van der Waals surface area contributed by atoms with Crippen LogP contribution in [0.4, 0.5) is 0 Å². The Kier molecular flexibility index (Phi) is 9.57. The summed E-state index contributed by atoms with van der Waals surface area (Å²) in [7, 11) is 3.18. The van der Waals surface area contributed by atoms with Crippen LogP contribution in [0.2, 0.25) is 0 Å². The number of aromatic nitrogens is 4. The Labute approximate surface area is 191 Å². The molecule has 7 heteroatoms. The van der Waals surface area contributed by atoms with Crippen LogP contribution in [0.25, 0.3) is 11.2 Å². The van der Waals surface area contributed by atoms with Crippen LogP contribution in [0, 0.1) is 0 Å². The molecule has 1 saturated heterocycles. The molecular formula is C25H42N4O3. The number of imidazole rings is 1. The summed E-state index contributed by atoms with van der Waals surface area (Å²) >= 11 is 0. The second-order valence-electron chi connectivity index (χ2n) is 9.47. The standard InChI is InChI=1S/C25H42N4O3/c1-4-20-21(32-20)17-15-13-11-9-7-5-6-8-10-12-14-16-18-29-19-26-23-22(29)24(30)28(3)25(31)27(23)2/h19-21H,4-18H2,1-3H3. The van der Waals surface area contributed by atoms with Gasteiger partial charge in [0.05, 0.1) is 18.5 Å². The van der Waals surface area contributed by atoms with Gasteiger partial charge >= 0.3 is 5.69 Å². The highest BCUT2D eigenvalue weighted by Crippen LogP contribution is 2.29. The first kappa shape index (κ1) is 24.7. The lowest BCUT2D eigenvalue weighted by Gasteiger charge is -2.07. The van der Waals surface area contributed by atoms with E-state index in [0.29, 0.717) is 23.4 Å². The first-order valence-corrected chi connectivity index (χ1v) is 12.8. The Balaban J connectivity index is 1.18. The lowest BCUT2D eigenvalue weighted by atomic mass is 10.0. The van der Waals surface area contributed by atoms with Crippen LogP contribution in [0.3, 0.4) is 0 Å². The molecule has 3 heterocycles. The molecule has 180 valence electrons. The molecule has 1 fully saturated rings. The van der Waals surface area contributed by atoms with Crippen molar-refractivity contribution in [3.05, 3.63) is 27.2 Å². The molecule has 2 aromatic rings. The molecule has 0 N–H and O–H groups in total. The normalized spacial score (nSPS) is 18.0. The second-order valence-corrected chi connectivity index (χ2v) is 9.47. The van der Waals surface area contributed by atoms with Gasteiger partial charge in [0.15, 0.2) is 11.2 Å². The van der Waals surface area contributed by atoms with E-state index in [4.69, 9.17) is 4.74 Å². The van der Waals surface area contributed by atoms with E-state index in [-0.39, 0.29) is 11.2 Å². The molecule has 32 heavy (non-hydrogen) atoms. The van der Waals surface area contributed by atoms with Gasteiger partial charge in [-0.3, -0.25) is 13.9 Å². The maximum absolute atomic E-state index is 12.5. The summed E-state index contributed by atoms with van der Waals surface area (Å²) in [5.41, 5.74) is 0.407. The highest BCUT2D eigenvalue weighted by atomic mass is 16.6. The topological polar surface area (TPSA) is 74.3 Å².